The molecule has 2 N–H and O–H groups in total. The van der Waals surface area contributed by atoms with Crippen LogP contribution < -0.4 is 5.32 Å². The van der Waals surface area contributed by atoms with Gasteiger partial charge in [0, 0.05) is 30.5 Å². The molecule has 4 heteroatoms. The van der Waals surface area contributed by atoms with Crippen LogP contribution in [0.2, 0.25) is 0 Å². The fourth-order valence-corrected chi connectivity index (χ4v) is 3.48. The molecule has 21 heavy (non-hydrogen) atoms. The van der Waals surface area contributed by atoms with Gasteiger partial charge in [0.25, 0.3) is 0 Å². The normalized spacial score (nSPS) is 20.7. The van der Waals surface area contributed by atoms with Crippen LogP contribution in [0.3, 0.4) is 0 Å². The van der Waals surface area contributed by atoms with Crippen molar-refractivity contribution in [3.8, 4) is 5.75 Å². The predicted octanol–water partition coefficient (Wildman–Crippen LogP) is 3.13. The van der Waals surface area contributed by atoms with Gasteiger partial charge in [0.15, 0.2) is 0 Å². The van der Waals surface area contributed by atoms with Gasteiger partial charge in [-0.2, -0.15) is 5.10 Å². The molecule has 4 nitrogen and oxygen atoms in total. The number of aryl methyl sites for hydroxylation is 2. The molecule has 2 unspecified atom stereocenters. The summed E-state index contributed by atoms with van der Waals surface area (Å²) < 4.78 is 1.95. The van der Waals surface area contributed by atoms with Crippen molar-refractivity contribution in [1.29, 1.82) is 0 Å². The van der Waals surface area contributed by atoms with Crippen LogP contribution in [0.5, 0.6) is 5.75 Å². The average molecular weight is 285 g/mol. The third-order valence-electron chi connectivity index (χ3n) is 4.43. The molecule has 1 aromatic carbocycles. The first kappa shape index (κ1) is 14.1. The van der Waals surface area contributed by atoms with Crippen molar-refractivity contribution in [3.63, 3.8) is 0 Å². The minimum Gasteiger partial charge on any atom is -0.508 e. The molecule has 1 aromatic heterocycles. The number of benzene rings is 1. The molecule has 0 aliphatic heterocycles. The van der Waals surface area contributed by atoms with E-state index in [2.05, 4.69) is 24.3 Å². The van der Waals surface area contributed by atoms with Gasteiger partial charge in [-0.25, -0.2) is 0 Å². The number of aromatic nitrogens is 2. The number of phenols is 1. The van der Waals surface area contributed by atoms with Crippen molar-refractivity contribution in [2.45, 2.75) is 45.2 Å². The Balaban J connectivity index is 1.62. The van der Waals surface area contributed by atoms with Crippen LogP contribution in [0.25, 0.3) is 0 Å². The van der Waals surface area contributed by atoms with Crippen molar-refractivity contribution in [1.82, 2.24) is 15.1 Å². The third-order valence-corrected chi connectivity index (χ3v) is 4.43. The summed E-state index contributed by atoms with van der Waals surface area (Å²) in [6.07, 6.45) is 5.90. The first-order valence-corrected chi connectivity index (χ1v) is 7.70. The number of hydrogen-bond donors (Lipinski definition) is 2. The number of hydrogen-bond acceptors (Lipinski definition) is 3. The lowest BCUT2D eigenvalue weighted by atomic mass is 9.97. The Hall–Kier alpha value is -1.81. The summed E-state index contributed by atoms with van der Waals surface area (Å²) in [6, 6.07) is 6.06. The molecule has 0 bridgehead atoms. The summed E-state index contributed by atoms with van der Waals surface area (Å²) >= 11 is 0. The van der Waals surface area contributed by atoms with Crippen LogP contribution in [0.4, 0.5) is 0 Å². The second-order valence-electron chi connectivity index (χ2n) is 6.00. The molecule has 1 aliphatic carbocycles. The molecule has 2 atom stereocenters. The second kappa shape index (κ2) is 5.90. The monoisotopic (exact) mass is 285 g/mol. The zero-order valence-corrected chi connectivity index (χ0v) is 12.7. The van der Waals surface area contributed by atoms with E-state index in [0.29, 0.717) is 11.7 Å². The molecule has 0 saturated carbocycles. The van der Waals surface area contributed by atoms with Crippen molar-refractivity contribution < 1.29 is 5.11 Å². The summed E-state index contributed by atoms with van der Waals surface area (Å²) in [4.78, 5) is 0. The van der Waals surface area contributed by atoms with E-state index in [-0.39, 0.29) is 6.04 Å². The van der Waals surface area contributed by atoms with E-state index in [9.17, 15) is 5.11 Å². The Labute approximate surface area is 125 Å². The second-order valence-corrected chi connectivity index (χ2v) is 6.00. The molecule has 3 rings (SSSR count). The van der Waals surface area contributed by atoms with Crippen molar-refractivity contribution >= 4 is 0 Å². The van der Waals surface area contributed by atoms with Crippen LogP contribution in [0.15, 0.2) is 30.6 Å². The number of fused-ring (bicyclic) bond motifs is 1. The van der Waals surface area contributed by atoms with E-state index in [1.165, 1.54) is 11.1 Å². The van der Waals surface area contributed by atoms with Crippen LogP contribution in [0, 0.1) is 6.92 Å². The van der Waals surface area contributed by atoms with Gasteiger partial charge in [0.2, 0.25) is 0 Å². The molecule has 112 valence electrons. The van der Waals surface area contributed by atoms with E-state index >= 15 is 0 Å². The highest BCUT2D eigenvalue weighted by Crippen LogP contribution is 2.45. The topological polar surface area (TPSA) is 50.1 Å². The van der Waals surface area contributed by atoms with Gasteiger partial charge < -0.3 is 10.4 Å². The third kappa shape index (κ3) is 2.81. The summed E-state index contributed by atoms with van der Waals surface area (Å²) in [6.45, 7) is 6.24. The van der Waals surface area contributed by atoms with Crippen LogP contribution in [-0.2, 0) is 6.54 Å². The molecule has 0 saturated heterocycles. The molecule has 0 radical (unpaired) electrons. The van der Waals surface area contributed by atoms with Gasteiger partial charge in [-0.15, -0.1) is 0 Å². The maximum Gasteiger partial charge on any atom is 0.120 e. The first-order valence-electron chi connectivity index (χ1n) is 7.70. The Kier molecular flexibility index (Phi) is 3.97. The lowest BCUT2D eigenvalue weighted by Crippen LogP contribution is -2.21. The average Bonchev–Trinajstić information content (AvgIpc) is 3.08. The summed E-state index contributed by atoms with van der Waals surface area (Å²) in [7, 11) is 0. The highest BCUT2D eigenvalue weighted by Gasteiger charge is 2.31. The van der Waals surface area contributed by atoms with Crippen molar-refractivity contribution in [3.05, 3.63) is 47.3 Å². The standard InChI is InChI=1S/C17H23N3O/c1-12-5-6-15(21)17-14(11-13(2)16(12)17)18-7-3-9-20-10-4-8-19-20/h4-6,8,10,13-14,18,21H,3,7,9,11H2,1-2H3. The van der Waals surface area contributed by atoms with Gasteiger partial charge in [0.05, 0.1) is 0 Å². The fourth-order valence-electron chi connectivity index (χ4n) is 3.48. The predicted molar refractivity (Wildman–Crippen MR) is 83.5 cm³/mol. The van der Waals surface area contributed by atoms with Gasteiger partial charge in [-0.05, 0) is 55.5 Å². The van der Waals surface area contributed by atoms with Gasteiger partial charge in [-0.1, -0.05) is 13.0 Å². The lowest BCUT2D eigenvalue weighted by molar-refractivity contribution is 0.437. The first-order chi connectivity index (χ1) is 10.2. The maximum atomic E-state index is 10.2. The van der Waals surface area contributed by atoms with Crippen molar-refractivity contribution in [2.24, 2.45) is 0 Å². The van der Waals surface area contributed by atoms with Gasteiger partial charge in [-0.3, -0.25) is 4.68 Å². The highest BCUT2D eigenvalue weighted by molar-refractivity contribution is 5.50. The molecular weight excluding hydrogens is 262 g/mol. The SMILES string of the molecule is Cc1ccc(O)c2c1C(C)CC2NCCCn1cccn1. The van der Waals surface area contributed by atoms with Gasteiger partial charge >= 0.3 is 0 Å². The fraction of sp³-hybridized carbons (Fsp3) is 0.471. The van der Waals surface area contributed by atoms with E-state index < -0.39 is 0 Å². The molecule has 0 amide bonds. The van der Waals surface area contributed by atoms with Crippen molar-refractivity contribution in [2.75, 3.05) is 6.54 Å². The zero-order chi connectivity index (χ0) is 14.8. The molecule has 0 fully saturated rings. The van der Waals surface area contributed by atoms with Crippen LogP contribution in [-0.4, -0.2) is 21.4 Å². The number of phenolic OH excluding ortho intramolecular Hbond substituents is 1. The Morgan fingerprint density at radius 3 is 3.00 bits per heavy atom. The zero-order valence-electron chi connectivity index (χ0n) is 12.7. The Morgan fingerprint density at radius 1 is 1.38 bits per heavy atom. The van der Waals surface area contributed by atoms with Gasteiger partial charge in [0.1, 0.15) is 5.75 Å². The number of nitrogens with one attached hydrogen (secondary N) is 1. The summed E-state index contributed by atoms with van der Waals surface area (Å²) in [5, 5.41) is 18.0. The summed E-state index contributed by atoms with van der Waals surface area (Å²) in [5.41, 5.74) is 3.73. The van der Waals surface area contributed by atoms with E-state index in [1.807, 2.05) is 35.3 Å². The number of aromatic hydroxyl groups is 1. The minimum absolute atomic E-state index is 0.271. The molecule has 1 heterocycles. The van der Waals surface area contributed by atoms with E-state index in [4.69, 9.17) is 0 Å². The molecular formula is C17H23N3O. The van der Waals surface area contributed by atoms with E-state index in [1.54, 1.807) is 0 Å². The Bertz CT molecular complexity index is 607. The number of nitrogens with zero attached hydrogens (tertiary/aromatic N) is 2. The maximum absolute atomic E-state index is 10.2. The molecule has 0 spiro atoms. The quantitative estimate of drug-likeness (QED) is 0.830. The molecule has 1 aliphatic rings. The Morgan fingerprint density at radius 2 is 2.24 bits per heavy atom. The molecule has 2 aromatic rings. The van der Waals surface area contributed by atoms with E-state index in [0.717, 1.165) is 31.5 Å². The largest absolute Gasteiger partial charge is 0.508 e. The smallest absolute Gasteiger partial charge is 0.120 e. The van der Waals surface area contributed by atoms with Crippen LogP contribution >= 0.6 is 0 Å². The highest BCUT2D eigenvalue weighted by atomic mass is 16.3. The number of rotatable bonds is 5. The van der Waals surface area contributed by atoms with Crippen LogP contribution in [0.1, 0.15) is 48.4 Å². The summed E-state index contributed by atoms with van der Waals surface area (Å²) in [5.74, 6) is 0.945. The minimum atomic E-state index is 0.271. The lowest BCUT2D eigenvalue weighted by Gasteiger charge is -2.16.